The summed E-state index contributed by atoms with van der Waals surface area (Å²) in [6.07, 6.45) is -0.243. The molecule has 3 aromatic carbocycles. The van der Waals surface area contributed by atoms with E-state index in [9.17, 15) is 4.79 Å². The second kappa shape index (κ2) is 8.20. The fraction of sp³-hybridized carbons (Fsp3) is 0.200. The lowest BCUT2D eigenvalue weighted by Gasteiger charge is -2.37. The van der Waals surface area contributed by atoms with Crippen molar-refractivity contribution in [2.75, 3.05) is 14.2 Å². The summed E-state index contributed by atoms with van der Waals surface area (Å²) in [4.78, 5) is 13.4. The van der Waals surface area contributed by atoms with Crippen molar-refractivity contribution in [3.63, 3.8) is 0 Å². The van der Waals surface area contributed by atoms with Crippen LogP contribution in [0.25, 0.3) is 0 Å². The van der Waals surface area contributed by atoms with Gasteiger partial charge in [-0.05, 0) is 72.3 Å². The van der Waals surface area contributed by atoms with Crippen molar-refractivity contribution in [1.82, 2.24) is 5.01 Å². The molecule has 0 bridgehead atoms. The molecular weight excluding hydrogens is 428 g/mol. The average molecular weight is 449 g/mol. The minimum Gasteiger partial charge on any atom is -0.497 e. The van der Waals surface area contributed by atoms with E-state index in [0.29, 0.717) is 28.5 Å². The summed E-state index contributed by atoms with van der Waals surface area (Å²) in [5, 5.41) is 7.19. The first-order valence-corrected chi connectivity index (χ1v) is 10.6. The predicted octanol–water partition coefficient (Wildman–Crippen LogP) is 5.11. The van der Waals surface area contributed by atoms with Crippen LogP contribution in [0.2, 0.25) is 5.02 Å². The van der Waals surface area contributed by atoms with Crippen molar-refractivity contribution >= 4 is 23.1 Å². The molecule has 0 saturated carbocycles. The monoisotopic (exact) mass is 448 g/mol. The number of halogens is 1. The molecule has 2 aliphatic rings. The molecule has 0 fully saturated rings. The molecule has 2 aliphatic heterocycles. The number of carbonyl (C=O) groups is 1. The van der Waals surface area contributed by atoms with Crippen molar-refractivity contribution in [3.8, 4) is 17.2 Å². The third kappa shape index (κ3) is 3.56. The van der Waals surface area contributed by atoms with Gasteiger partial charge in [0.1, 0.15) is 17.2 Å². The number of hydrogen-bond donors (Lipinski definition) is 0. The van der Waals surface area contributed by atoms with Crippen LogP contribution in [0.4, 0.5) is 0 Å². The van der Waals surface area contributed by atoms with Crippen LogP contribution < -0.4 is 14.2 Å². The number of ether oxygens (including phenoxy) is 3. The van der Waals surface area contributed by atoms with E-state index in [1.165, 1.54) is 0 Å². The molecule has 32 heavy (non-hydrogen) atoms. The van der Waals surface area contributed by atoms with Crippen molar-refractivity contribution in [3.05, 3.63) is 88.4 Å². The Hall–Kier alpha value is -3.51. The summed E-state index contributed by atoms with van der Waals surface area (Å²) in [5.74, 6) is 1.94. The van der Waals surface area contributed by atoms with Gasteiger partial charge in [-0.1, -0.05) is 11.6 Å². The highest BCUT2D eigenvalue weighted by Gasteiger charge is 2.43. The molecule has 0 spiro atoms. The fourth-order valence-corrected chi connectivity index (χ4v) is 4.27. The van der Waals surface area contributed by atoms with Gasteiger partial charge in [-0.3, -0.25) is 4.79 Å². The van der Waals surface area contributed by atoms with E-state index in [0.717, 1.165) is 22.6 Å². The number of Topliss-reactive ketones (excluding diaryl/α,β-unsaturated/α-hetero) is 1. The molecule has 7 heteroatoms. The minimum atomic E-state index is -0.877. The lowest BCUT2D eigenvalue weighted by Crippen LogP contribution is -2.45. The third-order valence-corrected chi connectivity index (χ3v) is 6.01. The number of benzene rings is 3. The highest BCUT2D eigenvalue weighted by atomic mass is 35.5. The lowest BCUT2D eigenvalue weighted by molar-refractivity contribution is -0.00455. The first-order valence-electron chi connectivity index (χ1n) is 10.2. The van der Waals surface area contributed by atoms with Gasteiger partial charge in [0.2, 0.25) is 5.78 Å². The maximum Gasteiger partial charge on any atom is 0.251 e. The van der Waals surface area contributed by atoms with E-state index in [4.69, 9.17) is 30.9 Å². The maximum atomic E-state index is 13.4. The van der Waals surface area contributed by atoms with Gasteiger partial charge in [-0.2, -0.15) is 5.10 Å². The van der Waals surface area contributed by atoms with Gasteiger partial charge in [-0.25, -0.2) is 5.01 Å². The van der Waals surface area contributed by atoms with Crippen molar-refractivity contribution in [1.29, 1.82) is 0 Å². The van der Waals surface area contributed by atoms with Crippen molar-refractivity contribution in [2.24, 2.45) is 5.10 Å². The number of fused-ring (bicyclic) bond motifs is 3. The predicted molar refractivity (Wildman–Crippen MR) is 122 cm³/mol. The second-order valence-electron chi connectivity index (χ2n) is 7.62. The quantitative estimate of drug-likeness (QED) is 0.507. The van der Waals surface area contributed by atoms with E-state index in [1.54, 1.807) is 49.6 Å². The largest absolute Gasteiger partial charge is 0.497 e. The molecule has 5 rings (SSSR count). The van der Waals surface area contributed by atoms with Crippen LogP contribution in [0.15, 0.2) is 71.8 Å². The molecule has 6 nitrogen and oxygen atoms in total. The normalized spacial score (nSPS) is 18.8. The van der Waals surface area contributed by atoms with E-state index >= 15 is 0 Å². The summed E-state index contributed by atoms with van der Waals surface area (Å²) in [7, 11) is 3.23. The molecule has 162 valence electrons. The highest BCUT2D eigenvalue weighted by molar-refractivity contribution is 6.30. The standard InChI is InChI=1S/C25H21ClN2O4/c1-30-18-8-3-15(4-9-18)21-14-22-20-13-17(26)7-12-23(20)32-25(28(22)27-21)24(29)16-5-10-19(31-2)11-6-16/h3-13,22,25H,14H2,1-2H3/t22-,25+/m1/s1. The van der Waals surface area contributed by atoms with Crippen molar-refractivity contribution in [2.45, 2.75) is 18.7 Å². The number of ketones is 1. The molecule has 0 N–H and O–H groups in total. The molecule has 0 aliphatic carbocycles. The van der Waals surface area contributed by atoms with Gasteiger partial charge in [0, 0.05) is 22.6 Å². The number of hydrazone groups is 1. The van der Waals surface area contributed by atoms with Gasteiger partial charge in [0.15, 0.2) is 0 Å². The molecule has 0 amide bonds. The van der Waals surface area contributed by atoms with Crippen LogP contribution >= 0.6 is 11.6 Å². The lowest BCUT2D eigenvalue weighted by atomic mass is 9.95. The Balaban J connectivity index is 1.53. The number of rotatable bonds is 5. The van der Waals surface area contributed by atoms with Gasteiger partial charge in [0.25, 0.3) is 6.23 Å². The van der Waals surface area contributed by atoms with Gasteiger partial charge in [0.05, 0.1) is 26.0 Å². The fourth-order valence-electron chi connectivity index (χ4n) is 4.09. The molecule has 0 unspecified atom stereocenters. The van der Waals surface area contributed by atoms with Crippen molar-refractivity contribution < 1.29 is 19.0 Å². The van der Waals surface area contributed by atoms with Crippen LogP contribution in [0.5, 0.6) is 17.2 Å². The zero-order valence-electron chi connectivity index (χ0n) is 17.6. The van der Waals surface area contributed by atoms with E-state index in [2.05, 4.69) is 0 Å². The Morgan fingerprint density at radius 3 is 2.31 bits per heavy atom. The molecule has 0 aromatic heterocycles. The number of carbonyl (C=O) groups excluding carboxylic acids is 1. The van der Waals surface area contributed by atoms with E-state index in [-0.39, 0.29) is 11.8 Å². The summed E-state index contributed by atoms with van der Waals surface area (Å²) >= 11 is 6.27. The average Bonchev–Trinajstić information content (AvgIpc) is 3.29. The zero-order valence-corrected chi connectivity index (χ0v) is 18.4. The summed E-state index contributed by atoms with van der Waals surface area (Å²) in [6, 6.07) is 20.0. The van der Waals surface area contributed by atoms with E-state index < -0.39 is 6.23 Å². The molecular formula is C25H21ClN2O4. The first-order chi connectivity index (χ1) is 15.6. The second-order valence-corrected chi connectivity index (χ2v) is 8.06. The Labute approximate surface area is 191 Å². The number of methoxy groups -OCH3 is 2. The number of nitrogens with zero attached hydrogens (tertiary/aromatic N) is 2. The SMILES string of the molecule is COc1ccc(C(=O)[C@@H]2Oc3ccc(Cl)cc3[C@H]3CC(c4ccc(OC)cc4)=NN32)cc1. The molecule has 2 atom stereocenters. The van der Waals surface area contributed by atoms with Gasteiger partial charge >= 0.3 is 0 Å². The van der Waals surface area contributed by atoms with Crippen LogP contribution in [-0.4, -0.2) is 37.0 Å². The molecule has 0 radical (unpaired) electrons. The first kappa shape index (κ1) is 20.4. The summed E-state index contributed by atoms with van der Waals surface area (Å²) in [5.41, 5.74) is 3.30. The zero-order chi connectivity index (χ0) is 22.2. The van der Waals surface area contributed by atoms with Crippen LogP contribution in [0, 0.1) is 0 Å². The molecule has 3 aromatic rings. The summed E-state index contributed by atoms with van der Waals surface area (Å²) in [6.45, 7) is 0. The number of hydrogen-bond acceptors (Lipinski definition) is 6. The Morgan fingerprint density at radius 2 is 1.66 bits per heavy atom. The Bertz CT molecular complexity index is 1190. The molecule has 2 heterocycles. The van der Waals surface area contributed by atoms with Crippen LogP contribution in [0.3, 0.4) is 0 Å². The maximum absolute atomic E-state index is 13.4. The van der Waals surface area contributed by atoms with E-state index in [1.807, 2.05) is 36.4 Å². The topological polar surface area (TPSA) is 60.4 Å². The molecule has 0 saturated heterocycles. The van der Waals surface area contributed by atoms with Crippen LogP contribution in [0.1, 0.15) is 33.9 Å². The smallest absolute Gasteiger partial charge is 0.251 e. The van der Waals surface area contributed by atoms with Crippen LogP contribution in [-0.2, 0) is 0 Å². The highest BCUT2D eigenvalue weighted by Crippen LogP contribution is 2.44. The third-order valence-electron chi connectivity index (χ3n) is 5.77. The van der Waals surface area contributed by atoms with Gasteiger partial charge < -0.3 is 14.2 Å². The Morgan fingerprint density at radius 1 is 1.00 bits per heavy atom. The van der Waals surface area contributed by atoms with Gasteiger partial charge in [-0.15, -0.1) is 0 Å². The minimum absolute atomic E-state index is 0.151. The Kier molecular flexibility index (Phi) is 5.23. The summed E-state index contributed by atoms with van der Waals surface area (Å²) < 4.78 is 16.6.